The molecule has 1 aromatic heterocycles. The lowest BCUT2D eigenvalue weighted by molar-refractivity contribution is -0.384. The Kier molecular flexibility index (Phi) is 8.11. The van der Waals surface area contributed by atoms with Gasteiger partial charge < -0.3 is 20.3 Å². The van der Waals surface area contributed by atoms with Gasteiger partial charge in [-0.15, -0.1) is 0 Å². The Hall–Kier alpha value is -3.77. The van der Waals surface area contributed by atoms with Gasteiger partial charge in [0.25, 0.3) is 5.69 Å². The van der Waals surface area contributed by atoms with Gasteiger partial charge in [-0.1, -0.05) is 30.0 Å². The first-order valence-corrected chi connectivity index (χ1v) is 10.7. The summed E-state index contributed by atoms with van der Waals surface area (Å²) >= 11 is 1.05. The van der Waals surface area contributed by atoms with Crippen molar-refractivity contribution in [3.63, 3.8) is 0 Å². The number of halogens is 1. The fraction of sp³-hybridized carbons (Fsp3) is 0.190. The van der Waals surface area contributed by atoms with Crippen LogP contribution in [0, 0.1) is 15.9 Å². The summed E-state index contributed by atoms with van der Waals surface area (Å²) in [5, 5.41) is 26.0. The van der Waals surface area contributed by atoms with Crippen molar-refractivity contribution < 1.29 is 24.0 Å². The molecule has 2 amide bonds. The van der Waals surface area contributed by atoms with Crippen LogP contribution in [-0.2, 0) is 29.3 Å². The third-order valence-corrected chi connectivity index (χ3v) is 5.43. The number of hydrogen-bond donors (Lipinski definition) is 3. The molecule has 0 aliphatic carbocycles. The summed E-state index contributed by atoms with van der Waals surface area (Å²) in [6.07, 6.45) is 1.41. The Labute approximate surface area is 192 Å². The molecule has 0 saturated carbocycles. The molecule has 33 heavy (non-hydrogen) atoms. The molecule has 2 aromatic carbocycles. The number of rotatable bonds is 10. The van der Waals surface area contributed by atoms with Gasteiger partial charge in [0.05, 0.1) is 29.2 Å². The van der Waals surface area contributed by atoms with E-state index >= 15 is 0 Å². The zero-order chi connectivity index (χ0) is 23.8. The third kappa shape index (κ3) is 6.85. The summed E-state index contributed by atoms with van der Waals surface area (Å²) in [5.41, 5.74) is 1.27. The molecular weight excluding hydrogens is 453 g/mol. The Balaban J connectivity index is 1.57. The molecule has 0 aliphatic heterocycles. The highest BCUT2D eigenvalue weighted by Gasteiger charge is 2.15. The van der Waals surface area contributed by atoms with Crippen molar-refractivity contribution in [1.82, 2.24) is 14.9 Å². The highest BCUT2D eigenvalue weighted by Crippen LogP contribution is 2.21. The molecule has 1 heterocycles. The van der Waals surface area contributed by atoms with E-state index in [1.165, 1.54) is 47.2 Å². The van der Waals surface area contributed by atoms with Gasteiger partial charge >= 0.3 is 0 Å². The highest BCUT2D eigenvalue weighted by molar-refractivity contribution is 7.99. The van der Waals surface area contributed by atoms with E-state index < -0.39 is 10.8 Å². The number of anilines is 1. The average molecular weight is 473 g/mol. The lowest BCUT2D eigenvalue weighted by Crippen LogP contribution is -2.28. The van der Waals surface area contributed by atoms with E-state index in [9.17, 15) is 29.2 Å². The molecule has 12 heteroatoms. The first-order valence-electron chi connectivity index (χ1n) is 9.69. The fourth-order valence-electron chi connectivity index (χ4n) is 2.83. The van der Waals surface area contributed by atoms with Crippen molar-refractivity contribution in [2.75, 3.05) is 11.1 Å². The quantitative estimate of drug-likeness (QED) is 0.233. The number of aliphatic hydroxyl groups excluding tert-OH is 1. The van der Waals surface area contributed by atoms with Crippen molar-refractivity contribution in [1.29, 1.82) is 0 Å². The minimum Gasteiger partial charge on any atom is -0.390 e. The number of aromatic nitrogens is 2. The van der Waals surface area contributed by atoms with Gasteiger partial charge in [-0.25, -0.2) is 9.37 Å². The number of imidazole rings is 1. The van der Waals surface area contributed by atoms with Gasteiger partial charge in [0, 0.05) is 24.4 Å². The topological polar surface area (TPSA) is 139 Å². The van der Waals surface area contributed by atoms with Crippen LogP contribution in [0.3, 0.4) is 0 Å². The normalized spacial score (nSPS) is 10.6. The summed E-state index contributed by atoms with van der Waals surface area (Å²) in [5.74, 6) is -1.20. The largest absolute Gasteiger partial charge is 0.390 e. The SMILES string of the molecule is O=C(Cn1c(CO)cnc1SCC(=O)Nc1cccc([N+](=O)[O-])c1)NCc1ccc(F)cc1. The second kappa shape index (κ2) is 11.2. The summed E-state index contributed by atoms with van der Waals surface area (Å²) in [6.45, 7) is -0.277. The summed E-state index contributed by atoms with van der Waals surface area (Å²) in [4.78, 5) is 39.1. The molecule has 0 fully saturated rings. The number of carbonyl (C=O) groups excluding carboxylic acids is 2. The number of nitrogens with one attached hydrogen (secondary N) is 2. The predicted octanol–water partition coefficient (Wildman–Crippen LogP) is 2.47. The zero-order valence-electron chi connectivity index (χ0n) is 17.2. The molecule has 0 atom stereocenters. The van der Waals surface area contributed by atoms with E-state index in [2.05, 4.69) is 15.6 Å². The van der Waals surface area contributed by atoms with Crippen LogP contribution in [0.4, 0.5) is 15.8 Å². The monoisotopic (exact) mass is 473 g/mol. The maximum atomic E-state index is 13.0. The van der Waals surface area contributed by atoms with Crippen LogP contribution in [-0.4, -0.2) is 37.1 Å². The van der Waals surface area contributed by atoms with Crippen LogP contribution in [0.5, 0.6) is 0 Å². The van der Waals surface area contributed by atoms with Crippen molar-refractivity contribution >= 4 is 35.0 Å². The van der Waals surface area contributed by atoms with Crippen molar-refractivity contribution in [2.24, 2.45) is 0 Å². The van der Waals surface area contributed by atoms with Gasteiger partial charge in [-0.3, -0.25) is 19.7 Å². The molecule has 10 nitrogen and oxygen atoms in total. The summed E-state index contributed by atoms with van der Waals surface area (Å²) in [6, 6.07) is 11.3. The molecular formula is C21H20FN5O5S. The van der Waals surface area contributed by atoms with E-state index in [1.54, 1.807) is 12.1 Å². The number of thioether (sulfide) groups is 1. The number of nitro benzene ring substituents is 1. The molecule has 0 aliphatic rings. The van der Waals surface area contributed by atoms with Gasteiger partial charge in [-0.05, 0) is 23.8 Å². The van der Waals surface area contributed by atoms with Crippen LogP contribution in [0.25, 0.3) is 0 Å². The molecule has 3 rings (SSSR count). The third-order valence-electron chi connectivity index (χ3n) is 4.44. The minimum absolute atomic E-state index is 0.0677. The molecule has 0 saturated heterocycles. The van der Waals surface area contributed by atoms with Gasteiger partial charge in [0.2, 0.25) is 11.8 Å². The summed E-state index contributed by atoms with van der Waals surface area (Å²) < 4.78 is 14.5. The molecule has 0 bridgehead atoms. The van der Waals surface area contributed by atoms with Gasteiger partial charge in [0.1, 0.15) is 12.4 Å². The van der Waals surface area contributed by atoms with Crippen molar-refractivity contribution in [3.8, 4) is 0 Å². The number of amides is 2. The van der Waals surface area contributed by atoms with E-state index in [0.29, 0.717) is 10.9 Å². The van der Waals surface area contributed by atoms with E-state index in [1.807, 2.05) is 0 Å². The second-order valence-corrected chi connectivity index (χ2v) is 7.77. The number of nitro groups is 1. The molecule has 0 unspecified atom stereocenters. The standard InChI is InChI=1S/C21H20FN5O5S/c22-15-6-4-14(5-7-15)9-23-19(29)11-26-18(12-28)10-24-21(26)33-13-20(30)25-16-2-1-3-17(8-16)27(31)32/h1-8,10,28H,9,11-13H2,(H,23,29)(H,25,30). The number of benzene rings is 2. The Bertz CT molecular complexity index is 1150. The van der Waals surface area contributed by atoms with E-state index in [0.717, 1.165) is 17.3 Å². The molecule has 3 N–H and O–H groups in total. The minimum atomic E-state index is -0.557. The highest BCUT2D eigenvalue weighted by atomic mass is 32.2. The van der Waals surface area contributed by atoms with Crippen LogP contribution in [0.15, 0.2) is 59.9 Å². The van der Waals surface area contributed by atoms with E-state index in [4.69, 9.17) is 0 Å². The fourth-order valence-corrected chi connectivity index (χ4v) is 3.63. The lowest BCUT2D eigenvalue weighted by atomic mass is 10.2. The van der Waals surface area contributed by atoms with Gasteiger partial charge in [0.15, 0.2) is 5.16 Å². The van der Waals surface area contributed by atoms with Crippen molar-refractivity contribution in [3.05, 3.63) is 81.9 Å². The summed E-state index contributed by atoms with van der Waals surface area (Å²) in [7, 11) is 0. The number of hydrogen-bond acceptors (Lipinski definition) is 7. The molecule has 3 aromatic rings. The van der Waals surface area contributed by atoms with Gasteiger partial charge in [-0.2, -0.15) is 0 Å². The van der Waals surface area contributed by atoms with Crippen LogP contribution < -0.4 is 10.6 Å². The Morgan fingerprint density at radius 3 is 2.64 bits per heavy atom. The number of aliphatic hydroxyl groups is 1. The Morgan fingerprint density at radius 2 is 1.94 bits per heavy atom. The number of nitrogens with zero attached hydrogens (tertiary/aromatic N) is 3. The van der Waals surface area contributed by atoms with Crippen LogP contribution in [0.2, 0.25) is 0 Å². The van der Waals surface area contributed by atoms with Crippen LogP contribution in [0.1, 0.15) is 11.3 Å². The smallest absolute Gasteiger partial charge is 0.271 e. The maximum absolute atomic E-state index is 13.0. The first kappa shape index (κ1) is 23.9. The first-order chi connectivity index (χ1) is 15.9. The molecule has 172 valence electrons. The van der Waals surface area contributed by atoms with Crippen LogP contribution >= 0.6 is 11.8 Å². The lowest BCUT2D eigenvalue weighted by Gasteiger charge is -2.11. The van der Waals surface area contributed by atoms with E-state index in [-0.39, 0.29) is 48.5 Å². The zero-order valence-corrected chi connectivity index (χ0v) is 18.0. The van der Waals surface area contributed by atoms with Crippen molar-refractivity contribution in [2.45, 2.75) is 24.9 Å². The second-order valence-electron chi connectivity index (χ2n) is 6.82. The molecule has 0 radical (unpaired) electrons. The predicted molar refractivity (Wildman–Crippen MR) is 119 cm³/mol. The molecule has 0 spiro atoms. The average Bonchev–Trinajstić information content (AvgIpc) is 3.18. The number of carbonyl (C=O) groups is 2. The number of non-ortho nitro benzene ring substituents is 1. The maximum Gasteiger partial charge on any atom is 0.271 e. The Morgan fingerprint density at radius 1 is 1.18 bits per heavy atom.